The summed E-state index contributed by atoms with van der Waals surface area (Å²) < 4.78 is 0. The van der Waals surface area contributed by atoms with Crippen molar-refractivity contribution in [2.75, 3.05) is 0 Å². The highest BCUT2D eigenvalue weighted by Crippen LogP contribution is 2.03. The average molecular weight is 201 g/mol. The van der Waals surface area contributed by atoms with Crippen molar-refractivity contribution in [3.63, 3.8) is 0 Å². The lowest BCUT2D eigenvalue weighted by Crippen LogP contribution is -2.49. The predicted octanol–water partition coefficient (Wildman–Crippen LogP) is 0.530. The molecule has 5 nitrogen and oxygen atoms in total. The molecule has 0 aromatic carbocycles. The van der Waals surface area contributed by atoms with Crippen LogP contribution in [0.25, 0.3) is 0 Å². The highest BCUT2D eigenvalue weighted by molar-refractivity contribution is 5.90. The summed E-state index contributed by atoms with van der Waals surface area (Å²) in [6.45, 7) is 7.37. The number of nitrogens with two attached hydrogens (primary N) is 1. The molecular formula is C9H19N3O2. The van der Waals surface area contributed by atoms with Gasteiger partial charge in [0.1, 0.15) is 0 Å². The SMILES string of the molecule is CC(C)C(=O)NC(C(N)=NO)C(C)C. The van der Waals surface area contributed by atoms with Gasteiger partial charge in [-0.1, -0.05) is 32.9 Å². The summed E-state index contributed by atoms with van der Waals surface area (Å²) in [5, 5.41) is 14.1. The molecule has 0 aliphatic heterocycles. The lowest BCUT2D eigenvalue weighted by atomic mass is 10.0. The zero-order valence-electron chi connectivity index (χ0n) is 9.11. The van der Waals surface area contributed by atoms with E-state index in [2.05, 4.69) is 10.5 Å². The molecule has 4 N–H and O–H groups in total. The highest BCUT2D eigenvalue weighted by Gasteiger charge is 2.21. The summed E-state index contributed by atoms with van der Waals surface area (Å²) in [4.78, 5) is 11.4. The smallest absolute Gasteiger partial charge is 0.223 e. The standard InChI is InChI=1S/C9H19N3O2/c1-5(2)7(8(10)12-14)11-9(13)6(3)4/h5-7,14H,1-4H3,(H2,10,12)(H,11,13). The Balaban J connectivity index is 4.47. The number of hydrogen-bond donors (Lipinski definition) is 3. The van der Waals surface area contributed by atoms with Crippen LogP contribution < -0.4 is 11.1 Å². The number of amides is 1. The monoisotopic (exact) mass is 201 g/mol. The number of oxime groups is 1. The molecule has 1 amide bonds. The number of rotatable bonds is 4. The van der Waals surface area contributed by atoms with Crippen molar-refractivity contribution < 1.29 is 10.0 Å². The predicted molar refractivity (Wildman–Crippen MR) is 55.0 cm³/mol. The van der Waals surface area contributed by atoms with Crippen LogP contribution >= 0.6 is 0 Å². The van der Waals surface area contributed by atoms with Crippen molar-refractivity contribution in [2.24, 2.45) is 22.7 Å². The van der Waals surface area contributed by atoms with Crippen molar-refractivity contribution in [2.45, 2.75) is 33.7 Å². The summed E-state index contributed by atoms with van der Waals surface area (Å²) in [5.74, 6) is -0.0827. The molecule has 0 aliphatic rings. The Morgan fingerprint density at radius 3 is 2.14 bits per heavy atom. The normalized spacial score (nSPS) is 14.6. The van der Waals surface area contributed by atoms with Gasteiger partial charge in [-0.2, -0.15) is 0 Å². The van der Waals surface area contributed by atoms with Gasteiger partial charge in [0.15, 0.2) is 5.84 Å². The fraction of sp³-hybridized carbons (Fsp3) is 0.778. The highest BCUT2D eigenvalue weighted by atomic mass is 16.4. The minimum absolute atomic E-state index is 0.0361. The van der Waals surface area contributed by atoms with Crippen molar-refractivity contribution in [1.82, 2.24) is 5.32 Å². The second-order valence-electron chi connectivity index (χ2n) is 3.91. The van der Waals surface area contributed by atoms with E-state index in [1.165, 1.54) is 0 Å². The Bertz CT molecular complexity index is 224. The molecule has 0 aromatic rings. The van der Waals surface area contributed by atoms with E-state index in [9.17, 15) is 4.79 Å². The summed E-state index contributed by atoms with van der Waals surface area (Å²) in [7, 11) is 0. The van der Waals surface area contributed by atoms with Crippen LogP contribution in [-0.4, -0.2) is 23.0 Å². The fourth-order valence-electron chi connectivity index (χ4n) is 0.964. The zero-order valence-corrected chi connectivity index (χ0v) is 9.11. The molecule has 0 aromatic heterocycles. The van der Waals surface area contributed by atoms with Crippen molar-refractivity contribution in [1.29, 1.82) is 0 Å². The first kappa shape index (κ1) is 12.7. The molecule has 5 heteroatoms. The molecule has 0 spiro atoms. The van der Waals surface area contributed by atoms with E-state index < -0.39 is 6.04 Å². The van der Waals surface area contributed by atoms with E-state index >= 15 is 0 Å². The maximum atomic E-state index is 11.4. The summed E-state index contributed by atoms with van der Waals surface area (Å²) in [5.41, 5.74) is 5.45. The van der Waals surface area contributed by atoms with Gasteiger partial charge >= 0.3 is 0 Å². The number of nitrogens with zero attached hydrogens (tertiary/aromatic N) is 1. The number of amidine groups is 1. The van der Waals surface area contributed by atoms with Crippen LogP contribution in [0, 0.1) is 11.8 Å². The first-order valence-electron chi connectivity index (χ1n) is 4.68. The molecule has 0 saturated carbocycles. The Kier molecular flexibility index (Phi) is 4.97. The van der Waals surface area contributed by atoms with E-state index in [4.69, 9.17) is 10.9 Å². The third kappa shape index (κ3) is 3.64. The molecule has 0 saturated heterocycles. The lowest BCUT2D eigenvalue weighted by molar-refractivity contribution is -0.124. The Morgan fingerprint density at radius 1 is 1.36 bits per heavy atom. The van der Waals surface area contributed by atoms with Crippen LogP contribution in [0.1, 0.15) is 27.7 Å². The molecule has 1 atom stereocenters. The molecule has 0 heterocycles. The summed E-state index contributed by atoms with van der Waals surface area (Å²) >= 11 is 0. The van der Waals surface area contributed by atoms with Gasteiger partial charge in [0, 0.05) is 5.92 Å². The van der Waals surface area contributed by atoms with Gasteiger partial charge < -0.3 is 16.3 Å². The van der Waals surface area contributed by atoms with Crippen LogP contribution in [0.3, 0.4) is 0 Å². The molecule has 0 bridgehead atoms. The first-order chi connectivity index (χ1) is 6.40. The maximum Gasteiger partial charge on any atom is 0.223 e. The van der Waals surface area contributed by atoms with E-state index in [0.717, 1.165) is 0 Å². The van der Waals surface area contributed by atoms with Gasteiger partial charge in [-0.15, -0.1) is 0 Å². The van der Waals surface area contributed by atoms with Crippen LogP contribution in [0.2, 0.25) is 0 Å². The minimum Gasteiger partial charge on any atom is -0.409 e. The first-order valence-corrected chi connectivity index (χ1v) is 4.68. The molecule has 82 valence electrons. The van der Waals surface area contributed by atoms with E-state index in [-0.39, 0.29) is 23.6 Å². The third-order valence-electron chi connectivity index (χ3n) is 1.92. The van der Waals surface area contributed by atoms with Gasteiger partial charge in [0.05, 0.1) is 6.04 Å². The van der Waals surface area contributed by atoms with Crippen molar-refractivity contribution in [3.8, 4) is 0 Å². The molecule has 0 fully saturated rings. The van der Waals surface area contributed by atoms with E-state index in [1.54, 1.807) is 13.8 Å². The van der Waals surface area contributed by atoms with Crippen LogP contribution in [-0.2, 0) is 4.79 Å². The van der Waals surface area contributed by atoms with Gasteiger partial charge in [-0.3, -0.25) is 4.79 Å². The van der Waals surface area contributed by atoms with Crippen LogP contribution in [0.15, 0.2) is 5.16 Å². The Morgan fingerprint density at radius 2 is 1.86 bits per heavy atom. The quantitative estimate of drug-likeness (QED) is 0.268. The van der Waals surface area contributed by atoms with Crippen LogP contribution in [0.4, 0.5) is 0 Å². The third-order valence-corrected chi connectivity index (χ3v) is 1.92. The van der Waals surface area contributed by atoms with Gasteiger partial charge in [0.25, 0.3) is 0 Å². The Labute approximate surface area is 84.4 Å². The average Bonchev–Trinajstić information content (AvgIpc) is 2.11. The molecule has 0 aliphatic carbocycles. The van der Waals surface area contributed by atoms with Gasteiger partial charge in [-0.25, -0.2) is 0 Å². The Hall–Kier alpha value is -1.26. The maximum absolute atomic E-state index is 11.4. The summed E-state index contributed by atoms with van der Waals surface area (Å²) in [6.07, 6.45) is 0. The lowest BCUT2D eigenvalue weighted by Gasteiger charge is -2.21. The molecule has 0 rings (SSSR count). The molecule has 14 heavy (non-hydrogen) atoms. The minimum atomic E-state index is -0.408. The van der Waals surface area contributed by atoms with E-state index in [1.807, 2.05) is 13.8 Å². The fourth-order valence-corrected chi connectivity index (χ4v) is 0.964. The number of hydrogen-bond acceptors (Lipinski definition) is 3. The largest absolute Gasteiger partial charge is 0.409 e. The number of carbonyl (C=O) groups excluding carboxylic acids is 1. The van der Waals surface area contributed by atoms with Gasteiger partial charge in [-0.05, 0) is 5.92 Å². The zero-order chi connectivity index (χ0) is 11.3. The van der Waals surface area contributed by atoms with Crippen LogP contribution in [0.5, 0.6) is 0 Å². The van der Waals surface area contributed by atoms with Gasteiger partial charge in [0.2, 0.25) is 5.91 Å². The molecular weight excluding hydrogens is 182 g/mol. The summed E-state index contributed by atoms with van der Waals surface area (Å²) in [6, 6.07) is -0.408. The van der Waals surface area contributed by atoms with Crippen molar-refractivity contribution >= 4 is 11.7 Å². The molecule has 1 unspecified atom stereocenters. The number of nitrogens with one attached hydrogen (secondary N) is 1. The second-order valence-corrected chi connectivity index (χ2v) is 3.91. The van der Waals surface area contributed by atoms with E-state index in [0.29, 0.717) is 0 Å². The van der Waals surface area contributed by atoms with Crippen molar-refractivity contribution in [3.05, 3.63) is 0 Å². The second kappa shape index (κ2) is 5.47. The molecule has 0 radical (unpaired) electrons. The topological polar surface area (TPSA) is 87.7 Å². The number of carbonyl (C=O) groups is 1.